The molecule has 1 aromatic heterocycles. The van der Waals surface area contributed by atoms with E-state index in [2.05, 4.69) is 26.1 Å². The second kappa shape index (κ2) is 6.75. The van der Waals surface area contributed by atoms with Gasteiger partial charge in [-0.05, 0) is 61.6 Å². The highest BCUT2D eigenvalue weighted by Crippen LogP contribution is 2.70. The molecule has 5 nitrogen and oxygen atoms in total. The Morgan fingerprint density at radius 2 is 1.47 bits per heavy atom. The second-order valence-corrected chi connectivity index (χ2v) is 10.4. The normalized spacial score (nSPS) is 25.1. The van der Waals surface area contributed by atoms with Gasteiger partial charge in [-0.25, -0.2) is 9.97 Å². The summed E-state index contributed by atoms with van der Waals surface area (Å²) in [4.78, 5) is 35.4. The first kappa shape index (κ1) is 21.4. The van der Waals surface area contributed by atoms with Crippen LogP contribution in [0.5, 0.6) is 0 Å². The van der Waals surface area contributed by atoms with Crippen LogP contribution in [0.3, 0.4) is 0 Å². The van der Waals surface area contributed by atoms with Crippen molar-refractivity contribution in [3.05, 3.63) is 63.4 Å². The number of fused-ring (bicyclic) bond motifs is 6. The van der Waals surface area contributed by atoms with Gasteiger partial charge in [-0.15, -0.1) is 0 Å². The molecule has 1 heterocycles. The van der Waals surface area contributed by atoms with Crippen LogP contribution in [-0.2, 0) is 15.6 Å². The zero-order valence-electron chi connectivity index (χ0n) is 18.3. The molecule has 2 aliphatic rings. The van der Waals surface area contributed by atoms with Crippen LogP contribution in [0.1, 0.15) is 62.3 Å². The van der Waals surface area contributed by atoms with E-state index >= 15 is 0 Å². The summed E-state index contributed by atoms with van der Waals surface area (Å²) >= 11 is 12.5. The number of hydrogen-bond acceptors (Lipinski definition) is 4. The van der Waals surface area contributed by atoms with Gasteiger partial charge in [0.05, 0.1) is 37.9 Å². The number of nitrogens with zero attached hydrogens (tertiary/aromatic N) is 2. The maximum absolute atomic E-state index is 13.9. The fourth-order valence-electron chi connectivity index (χ4n) is 5.63. The van der Waals surface area contributed by atoms with Crippen LogP contribution in [-0.4, -0.2) is 21.7 Å². The highest BCUT2D eigenvalue weighted by molar-refractivity contribution is 6.42. The van der Waals surface area contributed by atoms with Gasteiger partial charge >= 0.3 is 0 Å². The summed E-state index contributed by atoms with van der Waals surface area (Å²) in [6.45, 7) is 7.96. The van der Waals surface area contributed by atoms with Crippen molar-refractivity contribution in [1.29, 1.82) is 0 Å². The van der Waals surface area contributed by atoms with Gasteiger partial charge < -0.3 is 5.32 Å². The molecule has 5 rings (SSSR count). The van der Waals surface area contributed by atoms with Crippen LogP contribution >= 0.6 is 23.2 Å². The zero-order valence-corrected chi connectivity index (χ0v) is 19.9. The number of amides is 1. The van der Waals surface area contributed by atoms with Gasteiger partial charge in [-0.2, -0.15) is 0 Å². The number of nitrogens with one attached hydrogen (secondary N) is 1. The summed E-state index contributed by atoms with van der Waals surface area (Å²) in [5.41, 5.74) is 2.61. The van der Waals surface area contributed by atoms with Gasteiger partial charge in [0, 0.05) is 16.7 Å². The third kappa shape index (κ3) is 2.58. The molecule has 1 saturated carbocycles. The van der Waals surface area contributed by atoms with E-state index in [0.717, 1.165) is 17.8 Å². The first-order valence-electron chi connectivity index (χ1n) is 10.6. The zero-order chi connectivity index (χ0) is 23.1. The molecule has 2 aromatic carbocycles. The van der Waals surface area contributed by atoms with Crippen molar-refractivity contribution in [2.24, 2.45) is 5.41 Å². The number of anilines is 1. The minimum absolute atomic E-state index is 0.0141. The molecule has 2 aliphatic carbocycles. The molecule has 2 atom stereocenters. The molecule has 0 radical (unpaired) electrons. The van der Waals surface area contributed by atoms with Gasteiger partial charge in [-0.3, -0.25) is 9.59 Å². The van der Waals surface area contributed by atoms with Crippen molar-refractivity contribution in [3.8, 4) is 0 Å². The number of hydrogen-bond donors (Lipinski definition) is 1. The Kier molecular flexibility index (Phi) is 4.50. The van der Waals surface area contributed by atoms with E-state index in [9.17, 15) is 9.59 Å². The number of aromatic nitrogens is 2. The molecular weight excluding hydrogens is 445 g/mol. The second-order valence-electron chi connectivity index (χ2n) is 9.63. The van der Waals surface area contributed by atoms with Gasteiger partial charge in [0.2, 0.25) is 5.91 Å². The summed E-state index contributed by atoms with van der Waals surface area (Å²) in [5.74, 6) is -0.117. The van der Waals surface area contributed by atoms with E-state index in [1.54, 1.807) is 36.4 Å². The van der Waals surface area contributed by atoms with E-state index in [0.29, 0.717) is 38.8 Å². The third-order valence-corrected chi connectivity index (χ3v) is 8.74. The Labute approximate surface area is 196 Å². The highest BCUT2D eigenvalue weighted by Gasteiger charge is 2.73. The van der Waals surface area contributed by atoms with Crippen molar-refractivity contribution in [1.82, 2.24) is 9.97 Å². The molecule has 0 spiro atoms. The van der Waals surface area contributed by atoms with Crippen molar-refractivity contribution >= 4 is 51.6 Å². The molecule has 3 aromatic rings. The number of Topliss-reactive ketones (excluding diaryl/α,β-unsaturated/α-hetero) is 1. The average Bonchev–Trinajstić information content (AvgIpc) is 3.03. The predicted octanol–water partition coefficient (Wildman–Crippen LogP) is 6.11. The molecule has 2 bridgehead atoms. The van der Waals surface area contributed by atoms with Crippen LogP contribution in [0.4, 0.5) is 5.69 Å². The first-order valence-corrected chi connectivity index (χ1v) is 11.4. The number of halogens is 2. The van der Waals surface area contributed by atoms with E-state index in [1.165, 1.54) is 6.92 Å². The van der Waals surface area contributed by atoms with E-state index in [-0.39, 0.29) is 17.1 Å². The molecule has 0 saturated heterocycles. The molecule has 0 aliphatic heterocycles. The average molecular weight is 468 g/mol. The van der Waals surface area contributed by atoms with E-state index in [4.69, 9.17) is 33.2 Å². The molecular formula is C25H23Cl2N3O2. The number of carbonyl (C=O) groups is 2. The summed E-state index contributed by atoms with van der Waals surface area (Å²) < 4.78 is 0. The molecule has 1 N–H and O–H groups in total. The lowest BCUT2D eigenvalue weighted by atomic mass is 9.63. The molecule has 1 amide bonds. The molecule has 164 valence electrons. The van der Waals surface area contributed by atoms with Gasteiger partial charge in [0.25, 0.3) is 0 Å². The van der Waals surface area contributed by atoms with Crippen LogP contribution < -0.4 is 5.32 Å². The Bertz CT molecular complexity index is 1320. The van der Waals surface area contributed by atoms with Crippen molar-refractivity contribution in [2.75, 3.05) is 5.32 Å². The van der Waals surface area contributed by atoms with Gasteiger partial charge in [0.15, 0.2) is 5.78 Å². The fraction of sp³-hybridized carbons (Fsp3) is 0.360. The summed E-state index contributed by atoms with van der Waals surface area (Å²) in [7, 11) is 0. The van der Waals surface area contributed by atoms with Crippen molar-refractivity contribution in [2.45, 2.75) is 51.4 Å². The minimum atomic E-state index is -0.830. The number of rotatable bonds is 3. The van der Waals surface area contributed by atoms with Gasteiger partial charge in [-0.1, -0.05) is 44.0 Å². The number of carbonyl (C=O) groups excluding carboxylic acids is 2. The van der Waals surface area contributed by atoms with Crippen molar-refractivity contribution < 1.29 is 9.59 Å². The standard InChI is InChI=1S/C25H23Cl2N3O2/c1-13(31)14-5-7-15(8-6-14)28-22(32)25-10-9-24(4,23(25,2)3)20-21(25)30-19-12-17(27)16(26)11-18(19)29-20/h5-8,11-12H,9-10H2,1-4H3,(H,28,32). The number of benzene rings is 2. The Hall–Kier alpha value is -2.50. The molecule has 2 unspecified atom stereocenters. The van der Waals surface area contributed by atoms with E-state index in [1.807, 2.05) is 0 Å². The largest absolute Gasteiger partial charge is 0.325 e. The van der Waals surface area contributed by atoms with Crippen LogP contribution in [0.15, 0.2) is 36.4 Å². The Morgan fingerprint density at radius 1 is 0.906 bits per heavy atom. The quantitative estimate of drug-likeness (QED) is 0.471. The van der Waals surface area contributed by atoms with Crippen LogP contribution in [0.2, 0.25) is 10.0 Å². The lowest BCUT2D eigenvalue weighted by molar-refractivity contribution is -0.125. The lowest BCUT2D eigenvalue weighted by Gasteiger charge is -2.39. The molecule has 32 heavy (non-hydrogen) atoms. The fourth-order valence-corrected chi connectivity index (χ4v) is 5.94. The molecule has 1 fully saturated rings. The first-order chi connectivity index (χ1) is 15.0. The van der Waals surface area contributed by atoms with Crippen LogP contribution in [0.25, 0.3) is 11.0 Å². The predicted molar refractivity (Wildman–Crippen MR) is 127 cm³/mol. The Balaban J connectivity index is 1.65. The Morgan fingerprint density at radius 3 is 2.03 bits per heavy atom. The van der Waals surface area contributed by atoms with Gasteiger partial charge in [0.1, 0.15) is 0 Å². The molecule has 7 heteroatoms. The maximum atomic E-state index is 13.9. The van der Waals surface area contributed by atoms with Crippen molar-refractivity contribution in [3.63, 3.8) is 0 Å². The lowest BCUT2D eigenvalue weighted by Crippen LogP contribution is -2.48. The topological polar surface area (TPSA) is 72.0 Å². The summed E-state index contributed by atoms with van der Waals surface area (Å²) in [6, 6.07) is 10.4. The summed E-state index contributed by atoms with van der Waals surface area (Å²) in [6.07, 6.45) is 1.52. The van der Waals surface area contributed by atoms with E-state index < -0.39 is 10.8 Å². The highest BCUT2D eigenvalue weighted by atomic mass is 35.5. The minimum Gasteiger partial charge on any atom is -0.325 e. The van der Waals surface area contributed by atoms with Crippen LogP contribution in [0, 0.1) is 5.41 Å². The monoisotopic (exact) mass is 467 g/mol. The SMILES string of the molecule is CC(=O)c1ccc(NC(=O)C23CCC(C)(c4nc5cc(Cl)c(Cl)cc5nc42)C3(C)C)cc1. The summed E-state index contributed by atoms with van der Waals surface area (Å²) in [5, 5.41) is 3.93. The maximum Gasteiger partial charge on any atom is 0.237 e. The third-order valence-electron chi connectivity index (χ3n) is 8.02. The smallest absolute Gasteiger partial charge is 0.237 e. The number of ketones is 1.